The van der Waals surface area contributed by atoms with Gasteiger partial charge >= 0.3 is 0 Å². The molecule has 2 aromatic rings. The van der Waals surface area contributed by atoms with Crippen LogP contribution in [0.5, 0.6) is 0 Å². The van der Waals surface area contributed by atoms with Gasteiger partial charge in [-0.15, -0.1) is 0 Å². The molecule has 2 aliphatic rings. The third-order valence-electron chi connectivity index (χ3n) is 4.49. The zero-order chi connectivity index (χ0) is 14.9. The van der Waals surface area contributed by atoms with E-state index in [1.807, 2.05) is 21.7 Å². The van der Waals surface area contributed by atoms with E-state index in [1.165, 1.54) is 17.7 Å². The smallest absolute Gasteiger partial charge is 0.254 e. The number of anilines is 1. The molecule has 0 atom stereocenters. The second-order valence-electron chi connectivity index (χ2n) is 5.77. The Balaban J connectivity index is 1.46. The molecular formula is C16H18N4OS. The molecule has 0 aromatic carbocycles. The van der Waals surface area contributed by atoms with Gasteiger partial charge in [-0.05, 0) is 30.7 Å². The summed E-state index contributed by atoms with van der Waals surface area (Å²) in [7, 11) is 0. The first-order valence-corrected chi connectivity index (χ1v) is 8.66. The van der Waals surface area contributed by atoms with Crippen molar-refractivity contribution in [3.05, 3.63) is 40.0 Å². The number of aromatic nitrogens is 2. The Kier molecular flexibility index (Phi) is 3.54. The lowest BCUT2D eigenvalue weighted by Gasteiger charge is -2.36. The van der Waals surface area contributed by atoms with E-state index in [0.717, 1.165) is 50.4 Å². The van der Waals surface area contributed by atoms with Crippen LogP contribution >= 0.6 is 11.3 Å². The van der Waals surface area contributed by atoms with Crippen LogP contribution in [0.25, 0.3) is 0 Å². The highest BCUT2D eigenvalue weighted by atomic mass is 32.1. The largest absolute Gasteiger partial charge is 0.353 e. The van der Waals surface area contributed by atoms with Crippen molar-refractivity contribution in [2.45, 2.75) is 19.3 Å². The molecule has 3 heterocycles. The van der Waals surface area contributed by atoms with Crippen LogP contribution in [0.15, 0.2) is 23.2 Å². The number of piperazine rings is 1. The van der Waals surface area contributed by atoms with E-state index in [1.54, 1.807) is 17.7 Å². The molecule has 0 unspecified atom stereocenters. The van der Waals surface area contributed by atoms with Gasteiger partial charge in [0.25, 0.3) is 5.91 Å². The Bertz CT molecular complexity index is 677. The summed E-state index contributed by atoms with van der Waals surface area (Å²) >= 11 is 1.57. The molecule has 0 radical (unpaired) electrons. The summed E-state index contributed by atoms with van der Waals surface area (Å²) in [5.74, 6) is 1.24. The Morgan fingerprint density at radius 3 is 2.77 bits per heavy atom. The molecule has 5 nitrogen and oxygen atoms in total. The van der Waals surface area contributed by atoms with E-state index in [2.05, 4.69) is 14.9 Å². The van der Waals surface area contributed by atoms with E-state index < -0.39 is 0 Å². The van der Waals surface area contributed by atoms with Gasteiger partial charge in [0, 0.05) is 42.8 Å². The number of aryl methyl sites for hydroxylation is 1. The first-order valence-electron chi connectivity index (χ1n) is 7.72. The minimum atomic E-state index is 0.147. The maximum absolute atomic E-state index is 12.4. The number of thiophene rings is 1. The van der Waals surface area contributed by atoms with Crippen LogP contribution in [0.3, 0.4) is 0 Å². The maximum Gasteiger partial charge on any atom is 0.254 e. The zero-order valence-electron chi connectivity index (χ0n) is 12.4. The highest BCUT2D eigenvalue weighted by Gasteiger charge is 2.26. The van der Waals surface area contributed by atoms with Crippen molar-refractivity contribution in [3.8, 4) is 0 Å². The summed E-state index contributed by atoms with van der Waals surface area (Å²) < 4.78 is 0. The van der Waals surface area contributed by atoms with Gasteiger partial charge in [-0.25, -0.2) is 9.97 Å². The number of carbonyl (C=O) groups is 1. The molecule has 114 valence electrons. The molecule has 1 fully saturated rings. The first kappa shape index (κ1) is 13.7. The van der Waals surface area contributed by atoms with Crippen LogP contribution < -0.4 is 4.90 Å². The van der Waals surface area contributed by atoms with Crippen LogP contribution in [0.1, 0.15) is 28.0 Å². The van der Waals surface area contributed by atoms with Crippen LogP contribution in [-0.2, 0) is 12.8 Å². The topological polar surface area (TPSA) is 49.3 Å². The highest BCUT2D eigenvalue weighted by Crippen LogP contribution is 2.28. The molecule has 0 saturated carbocycles. The quantitative estimate of drug-likeness (QED) is 0.850. The van der Waals surface area contributed by atoms with Crippen LogP contribution in [0.4, 0.5) is 5.82 Å². The standard InChI is InChI=1S/C16H18N4OS/c21-16(12-4-9-22-10-12)20-7-5-19(6-8-20)15-13-2-1-3-14(13)17-11-18-15/h4,9-11H,1-3,5-8H2. The predicted molar refractivity (Wildman–Crippen MR) is 86.5 cm³/mol. The van der Waals surface area contributed by atoms with Gasteiger partial charge in [-0.3, -0.25) is 4.79 Å². The summed E-state index contributed by atoms with van der Waals surface area (Å²) in [4.78, 5) is 25.5. The molecule has 0 spiro atoms. The molecule has 22 heavy (non-hydrogen) atoms. The summed E-state index contributed by atoms with van der Waals surface area (Å²) in [6.07, 6.45) is 5.01. The Hall–Kier alpha value is -1.95. The number of nitrogens with zero attached hydrogens (tertiary/aromatic N) is 4. The van der Waals surface area contributed by atoms with Crippen molar-refractivity contribution in [1.29, 1.82) is 0 Å². The van der Waals surface area contributed by atoms with E-state index in [0.29, 0.717) is 0 Å². The van der Waals surface area contributed by atoms with Gasteiger partial charge in [-0.1, -0.05) is 0 Å². The summed E-state index contributed by atoms with van der Waals surface area (Å²) in [6, 6.07) is 1.90. The minimum absolute atomic E-state index is 0.147. The lowest BCUT2D eigenvalue weighted by atomic mass is 10.2. The van der Waals surface area contributed by atoms with Gasteiger partial charge in [0.2, 0.25) is 0 Å². The van der Waals surface area contributed by atoms with Crippen LogP contribution in [0.2, 0.25) is 0 Å². The van der Waals surface area contributed by atoms with Crippen molar-refractivity contribution in [3.63, 3.8) is 0 Å². The molecular weight excluding hydrogens is 296 g/mol. The number of fused-ring (bicyclic) bond motifs is 1. The van der Waals surface area contributed by atoms with E-state index in [4.69, 9.17) is 0 Å². The molecule has 1 saturated heterocycles. The lowest BCUT2D eigenvalue weighted by molar-refractivity contribution is 0.0747. The Labute approximate surface area is 133 Å². The highest BCUT2D eigenvalue weighted by molar-refractivity contribution is 7.08. The minimum Gasteiger partial charge on any atom is -0.353 e. The number of hydrogen-bond acceptors (Lipinski definition) is 5. The average Bonchev–Trinajstić information content (AvgIpc) is 3.25. The Morgan fingerprint density at radius 2 is 2.00 bits per heavy atom. The summed E-state index contributed by atoms with van der Waals surface area (Å²) in [6.45, 7) is 3.21. The maximum atomic E-state index is 12.4. The van der Waals surface area contributed by atoms with Crippen LogP contribution in [0, 0.1) is 0 Å². The van der Waals surface area contributed by atoms with E-state index >= 15 is 0 Å². The third kappa shape index (κ3) is 2.37. The molecule has 2 aromatic heterocycles. The van der Waals surface area contributed by atoms with E-state index in [-0.39, 0.29) is 5.91 Å². The monoisotopic (exact) mass is 314 g/mol. The molecule has 0 bridgehead atoms. The second-order valence-corrected chi connectivity index (χ2v) is 6.55. The molecule has 1 aliphatic carbocycles. The molecule has 0 N–H and O–H groups in total. The second kappa shape index (κ2) is 5.68. The lowest BCUT2D eigenvalue weighted by Crippen LogP contribution is -2.49. The van der Waals surface area contributed by atoms with Crippen LogP contribution in [-0.4, -0.2) is 47.0 Å². The van der Waals surface area contributed by atoms with Gasteiger partial charge in [0.05, 0.1) is 5.56 Å². The number of hydrogen-bond donors (Lipinski definition) is 0. The number of rotatable bonds is 2. The molecule has 1 aliphatic heterocycles. The molecule has 6 heteroatoms. The van der Waals surface area contributed by atoms with Crippen molar-refractivity contribution in [2.75, 3.05) is 31.1 Å². The fourth-order valence-corrected chi connectivity index (χ4v) is 3.93. The van der Waals surface area contributed by atoms with Crippen molar-refractivity contribution < 1.29 is 4.79 Å². The summed E-state index contributed by atoms with van der Waals surface area (Å²) in [5.41, 5.74) is 3.34. The third-order valence-corrected chi connectivity index (χ3v) is 5.17. The number of carbonyl (C=O) groups excluding carboxylic acids is 1. The SMILES string of the molecule is O=C(c1ccsc1)N1CCN(c2ncnc3c2CCC3)CC1. The zero-order valence-corrected chi connectivity index (χ0v) is 13.2. The van der Waals surface area contributed by atoms with E-state index in [9.17, 15) is 4.79 Å². The van der Waals surface area contributed by atoms with Gasteiger partial charge in [0.15, 0.2) is 0 Å². The van der Waals surface area contributed by atoms with Crippen molar-refractivity contribution in [1.82, 2.24) is 14.9 Å². The van der Waals surface area contributed by atoms with Gasteiger partial charge in [-0.2, -0.15) is 11.3 Å². The molecule has 1 amide bonds. The molecule has 4 rings (SSSR count). The number of amides is 1. The first-order chi connectivity index (χ1) is 10.8. The Morgan fingerprint density at radius 1 is 1.14 bits per heavy atom. The fraction of sp³-hybridized carbons (Fsp3) is 0.438. The van der Waals surface area contributed by atoms with Gasteiger partial charge in [0.1, 0.15) is 12.1 Å². The fourth-order valence-electron chi connectivity index (χ4n) is 3.30. The predicted octanol–water partition coefficient (Wildman–Crippen LogP) is 1.99. The van der Waals surface area contributed by atoms with Crippen molar-refractivity contribution in [2.24, 2.45) is 0 Å². The van der Waals surface area contributed by atoms with Gasteiger partial charge < -0.3 is 9.80 Å². The van der Waals surface area contributed by atoms with Crippen molar-refractivity contribution >= 4 is 23.1 Å². The summed E-state index contributed by atoms with van der Waals surface area (Å²) in [5, 5.41) is 3.87. The normalized spacial score (nSPS) is 17.6. The average molecular weight is 314 g/mol.